The van der Waals surface area contributed by atoms with E-state index in [-0.39, 0.29) is 11.8 Å². The van der Waals surface area contributed by atoms with Crippen molar-refractivity contribution < 1.29 is 27.4 Å². The number of hydrogen-bond acceptors (Lipinski definition) is 8. The number of carbonyl (C=O) groups is 1. The molecule has 1 aliphatic heterocycles. The van der Waals surface area contributed by atoms with Crippen LogP contribution in [0.3, 0.4) is 0 Å². The molecule has 0 saturated carbocycles. The van der Waals surface area contributed by atoms with E-state index in [0.717, 1.165) is 10.2 Å². The molecule has 1 aliphatic rings. The molecule has 190 valence electrons. The monoisotopic (exact) mass is 539 g/mol. The van der Waals surface area contributed by atoms with Crippen LogP contribution in [-0.4, -0.2) is 63.7 Å². The largest absolute Gasteiger partial charge is 0.493 e. The second kappa shape index (κ2) is 11.2. The molecule has 35 heavy (non-hydrogen) atoms. The molecule has 0 atom stereocenters. The number of carbonyl (C=O) groups excluding carboxylic acids is 1. The average molecular weight is 540 g/mol. The van der Waals surface area contributed by atoms with Crippen molar-refractivity contribution >= 4 is 48.8 Å². The van der Waals surface area contributed by atoms with Crippen LogP contribution in [0.15, 0.2) is 38.8 Å². The molecule has 0 N–H and O–H groups in total. The zero-order valence-electron chi connectivity index (χ0n) is 19.9. The Morgan fingerprint density at radius 3 is 2.51 bits per heavy atom. The minimum absolute atomic E-state index is 0.228. The van der Waals surface area contributed by atoms with E-state index in [0.29, 0.717) is 66.2 Å². The lowest BCUT2D eigenvalue weighted by atomic mass is 9.98. The Bertz CT molecular complexity index is 1340. The normalized spacial score (nSPS) is 16.1. The highest BCUT2D eigenvalue weighted by molar-refractivity contribution is 7.91. The maximum Gasteiger partial charge on any atom is 0.252 e. The van der Waals surface area contributed by atoms with Gasteiger partial charge in [0.25, 0.3) is 15.9 Å². The molecule has 3 heterocycles. The van der Waals surface area contributed by atoms with Crippen LogP contribution in [0.2, 0.25) is 0 Å². The van der Waals surface area contributed by atoms with Crippen LogP contribution in [0.1, 0.15) is 19.8 Å². The third-order valence-electron chi connectivity index (χ3n) is 5.95. The fourth-order valence-electron chi connectivity index (χ4n) is 4.06. The Balaban J connectivity index is 1.59. The maximum atomic E-state index is 13.1. The van der Waals surface area contributed by atoms with Crippen molar-refractivity contribution in [3.63, 3.8) is 0 Å². The third-order valence-corrected chi connectivity index (χ3v) is 10.3. The van der Waals surface area contributed by atoms with Gasteiger partial charge >= 0.3 is 0 Å². The number of fused-ring (bicyclic) bond motifs is 1. The van der Waals surface area contributed by atoms with Crippen molar-refractivity contribution in [1.29, 1.82) is 0 Å². The van der Waals surface area contributed by atoms with Crippen molar-refractivity contribution in [3.05, 3.63) is 34.4 Å². The fraction of sp³-hybridized carbons (Fsp3) is 0.478. The number of ether oxygens (including phenoxy) is 3. The van der Waals surface area contributed by atoms with Gasteiger partial charge in [-0.3, -0.25) is 4.79 Å². The van der Waals surface area contributed by atoms with Crippen LogP contribution in [-0.2, 0) is 26.1 Å². The Morgan fingerprint density at radius 2 is 1.89 bits per heavy atom. The molecule has 12 heteroatoms. The van der Waals surface area contributed by atoms with Gasteiger partial charge in [0.2, 0.25) is 0 Å². The van der Waals surface area contributed by atoms with Crippen LogP contribution in [0.5, 0.6) is 11.5 Å². The number of methoxy groups -OCH3 is 2. The van der Waals surface area contributed by atoms with E-state index in [1.54, 1.807) is 31.7 Å². The molecule has 9 nitrogen and oxygen atoms in total. The zero-order valence-corrected chi connectivity index (χ0v) is 22.4. The summed E-state index contributed by atoms with van der Waals surface area (Å²) in [5.74, 6) is 0.656. The van der Waals surface area contributed by atoms with E-state index >= 15 is 0 Å². The molecule has 1 aromatic carbocycles. The average Bonchev–Trinajstić information content (AvgIpc) is 3.52. The Hall–Kier alpha value is -2.25. The third kappa shape index (κ3) is 5.46. The summed E-state index contributed by atoms with van der Waals surface area (Å²) in [6.45, 7) is 4.15. The SMILES string of the molecule is CCOCCn1c(=NC(=O)C2CCN(S(=O)(=O)c3cccs3)CC2)sc2cc(OC)c(OC)cc21. The molecule has 0 radical (unpaired) electrons. The highest BCUT2D eigenvalue weighted by Crippen LogP contribution is 2.33. The van der Waals surface area contributed by atoms with Crippen molar-refractivity contribution in [3.8, 4) is 11.5 Å². The molecule has 1 saturated heterocycles. The minimum atomic E-state index is -3.51. The fourth-order valence-corrected chi connectivity index (χ4v) is 7.75. The van der Waals surface area contributed by atoms with Gasteiger partial charge in [-0.1, -0.05) is 17.4 Å². The van der Waals surface area contributed by atoms with Crippen LogP contribution in [0.4, 0.5) is 0 Å². The summed E-state index contributed by atoms with van der Waals surface area (Å²) >= 11 is 2.61. The van der Waals surface area contributed by atoms with E-state index in [1.165, 1.54) is 27.0 Å². The predicted molar refractivity (Wildman–Crippen MR) is 136 cm³/mol. The second-order valence-electron chi connectivity index (χ2n) is 7.97. The van der Waals surface area contributed by atoms with Gasteiger partial charge in [0.15, 0.2) is 16.3 Å². The number of nitrogens with zero attached hydrogens (tertiary/aromatic N) is 3. The Kier molecular flexibility index (Phi) is 8.27. The number of aromatic nitrogens is 1. The van der Waals surface area contributed by atoms with Gasteiger partial charge in [-0.2, -0.15) is 9.30 Å². The topological polar surface area (TPSA) is 99.4 Å². The number of benzene rings is 1. The molecule has 0 aliphatic carbocycles. The van der Waals surface area contributed by atoms with E-state index in [1.807, 2.05) is 23.6 Å². The number of hydrogen-bond donors (Lipinski definition) is 0. The van der Waals surface area contributed by atoms with Gasteiger partial charge in [0.05, 0.1) is 31.0 Å². The summed E-state index contributed by atoms with van der Waals surface area (Å²) < 4.78 is 46.7. The number of rotatable bonds is 9. The molecule has 4 rings (SSSR count). The van der Waals surface area contributed by atoms with Crippen molar-refractivity contribution in [1.82, 2.24) is 8.87 Å². The lowest BCUT2D eigenvalue weighted by Gasteiger charge is -2.29. The lowest BCUT2D eigenvalue weighted by molar-refractivity contribution is -0.122. The van der Waals surface area contributed by atoms with Crippen molar-refractivity contribution in [2.75, 3.05) is 40.5 Å². The number of amides is 1. The summed E-state index contributed by atoms with van der Waals surface area (Å²) in [7, 11) is -0.339. The first kappa shape index (κ1) is 25.8. The molecule has 2 aromatic heterocycles. The van der Waals surface area contributed by atoms with Gasteiger partial charge in [-0.15, -0.1) is 11.3 Å². The summed E-state index contributed by atoms with van der Waals surface area (Å²) in [6.07, 6.45) is 0.886. The molecule has 0 bridgehead atoms. The first-order valence-electron chi connectivity index (χ1n) is 11.3. The molecular weight excluding hydrogens is 510 g/mol. The summed E-state index contributed by atoms with van der Waals surface area (Å²) in [4.78, 5) is 18.2. The number of sulfonamides is 1. The number of piperidine rings is 1. The van der Waals surface area contributed by atoms with E-state index in [9.17, 15) is 13.2 Å². The lowest BCUT2D eigenvalue weighted by Crippen LogP contribution is -2.40. The van der Waals surface area contributed by atoms with Gasteiger partial charge in [-0.05, 0) is 31.2 Å². The predicted octanol–water partition coefficient (Wildman–Crippen LogP) is 3.35. The van der Waals surface area contributed by atoms with Gasteiger partial charge < -0.3 is 18.8 Å². The van der Waals surface area contributed by atoms with Crippen molar-refractivity contribution in [2.24, 2.45) is 10.9 Å². The summed E-state index contributed by atoms with van der Waals surface area (Å²) in [5.41, 5.74) is 0.885. The van der Waals surface area contributed by atoms with E-state index in [2.05, 4.69) is 4.99 Å². The smallest absolute Gasteiger partial charge is 0.252 e. The van der Waals surface area contributed by atoms with Gasteiger partial charge in [0.1, 0.15) is 4.21 Å². The quantitative estimate of drug-likeness (QED) is 0.387. The standard InChI is InChI=1S/C23H29N3O6S3/c1-4-32-12-11-26-17-14-18(30-2)19(31-3)15-20(17)34-23(26)24-22(27)16-7-9-25(10-8-16)35(28,29)21-6-5-13-33-21/h5-6,13-16H,4,7-12H2,1-3H3. The molecule has 1 amide bonds. The van der Waals surface area contributed by atoms with Crippen molar-refractivity contribution in [2.45, 2.75) is 30.5 Å². The molecule has 0 unspecified atom stereocenters. The van der Waals surface area contributed by atoms with E-state index in [4.69, 9.17) is 14.2 Å². The summed E-state index contributed by atoms with van der Waals surface area (Å²) in [5, 5.41) is 1.75. The van der Waals surface area contributed by atoms with Gasteiger partial charge in [0, 0.05) is 44.3 Å². The second-order valence-corrected chi connectivity index (χ2v) is 12.1. The van der Waals surface area contributed by atoms with Crippen LogP contribution >= 0.6 is 22.7 Å². The molecular formula is C23H29N3O6S3. The van der Waals surface area contributed by atoms with Crippen LogP contribution in [0.25, 0.3) is 10.2 Å². The Labute approximate surface area is 212 Å². The zero-order chi connectivity index (χ0) is 25.0. The molecule has 0 spiro atoms. The minimum Gasteiger partial charge on any atom is -0.493 e. The van der Waals surface area contributed by atoms with E-state index < -0.39 is 10.0 Å². The Morgan fingerprint density at radius 1 is 1.17 bits per heavy atom. The van der Waals surface area contributed by atoms with Gasteiger partial charge in [-0.25, -0.2) is 8.42 Å². The first-order chi connectivity index (χ1) is 16.9. The van der Waals surface area contributed by atoms with Crippen LogP contribution < -0.4 is 14.3 Å². The van der Waals surface area contributed by atoms with Crippen LogP contribution in [0, 0.1) is 5.92 Å². The highest BCUT2D eigenvalue weighted by atomic mass is 32.2. The maximum absolute atomic E-state index is 13.1. The number of thiophene rings is 1. The highest BCUT2D eigenvalue weighted by Gasteiger charge is 2.32. The molecule has 3 aromatic rings. The first-order valence-corrected chi connectivity index (χ1v) is 14.5. The molecule has 1 fully saturated rings. The summed E-state index contributed by atoms with van der Waals surface area (Å²) in [6, 6.07) is 7.10. The number of thiazole rings is 1.